The van der Waals surface area contributed by atoms with E-state index in [1.54, 1.807) is 25.1 Å². The molecule has 196 valence electrons. The van der Waals surface area contributed by atoms with Crippen LogP contribution in [0.2, 0.25) is 0 Å². The number of rotatable bonds is 4. The van der Waals surface area contributed by atoms with Crippen molar-refractivity contribution in [1.29, 1.82) is 0 Å². The van der Waals surface area contributed by atoms with Crippen LogP contribution in [0.1, 0.15) is 53.2 Å². The van der Waals surface area contributed by atoms with Crippen LogP contribution < -0.4 is 10.3 Å². The van der Waals surface area contributed by atoms with E-state index in [2.05, 4.69) is 12.1 Å². The van der Waals surface area contributed by atoms with Crippen LogP contribution in [-0.4, -0.2) is 36.9 Å². The molecule has 0 saturated carbocycles. The second kappa shape index (κ2) is 8.88. The molecule has 0 radical (unpaired) electrons. The van der Waals surface area contributed by atoms with Gasteiger partial charge in [0.2, 0.25) is 15.8 Å². The van der Waals surface area contributed by atoms with Crippen molar-refractivity contribution < 1.29 is 26.5 Å². The lowest BCUT2D eigenvalue weighted by atomic mass is 9.98. The van der Waals surface area contributed by atoms with Crippen LogP contribution in [0.4, 0.5) is 10.2 Å². The minimum atomic E-state index is -3.70. The molecular weight excluding hydrogens is 513 g/mol. The van der Waals surface area contributed by atoms with E-state index in [1.165, 1.54) is 27.4 Å². The number of halogens is 1. The predicted octanol–water partition coefficient (Wildman–Crippen LogP) is 4.40. The lowest BCUT2D eigenvalue weighted by Crippen LogP contribution is -2.37. The molecule has 9 nitrogen and oxygen atoms in total. The topological polar surface area (TPSA) is 114 Å². The maximum Gasteiger partial charge on any atom is 0.296 e. The van der Waals surface area contributed by atoms with Crippen LogP contribution in [0.25, 0.3) is 11.0 Å². The number of carbonyl (C=O) groups is 1. The minimum Gasteiger partial charge on any atom is -0.450 e. The summed E-state index contributed by atoms with van der Waals surface area (Å²) in [7, 11) is -3.70. The van der Waals surface area contributed by atoms with Crippen LogP contribution in [0.3, 0.4) is 0 Å². The summed E-state index contributed by atoms with van der Waals surface area (Å²) in [5, 5.41) is 3.97. The number of nitrogens with zero attached hydrogens (tertiary/aromatic N) is 3. The number of anilines is 1. The maximum absolute atomic E-state index is 14.0. The summed E-state index contributed by atoms with van der Waals surface area (Å²) in [4.78, 5) is 28.5. The molecule has 6 rings (SSSR count). The van der Waals surface area contributed by atoms with E-state index in [0.29, 0.717) is 30.3 Å². The first-order valence-corrected chi connectivity index (χ1v) is 13.7. The molecule has 0 N–H and O–H groups in total. The number of hydrogen-bond donors (Lipinski definition) is 0. The lowest BCUT2D eigenvalue weighted by Gasteiger charge is -2.29. The molecule has 0 spiro atoms. The highest BCUT2D eigenvalue weighted by atomic mass is 32.2. The monoisotopic (exact) mass is 537 g/mol. The molecule has 1 amide bonds. The second-order valence-electron chi connectivity index (χ2n) is 9.84. The molecule has 1 atom stereocenters. The van der Waals surface area contributed by atoms with Crippen LogP contribution in [0, 0.1) is 18.7 Å². The molecule has 0 aliphatic carbocycles. The Balaban J connectivity index is 1.47. The zero-order valence-corrected chi connectivity index (χ0v) is 21.5. The number of amides is 1. The Labute approximate surface area is 217 Å². The van der Waals surface area contributed by atoms with E-state index in [1.807, 2.05) is 0 Å². The van der Waals surface area contributed by atoms with Crippen molar-refractivity contribution >= 4 is 32.7 Å². The number of carbonyl (C=O) groups excluding carboxylic acids is 1. The van der Waals surface area contributed by atoms with Gasteiger partial charge in [-0.3, -0.25) is 14.5 Å². The summed E-state index contributed by atoms with van der Waals surface area (Å²) in [5.41, 5.74) is 0.0140. The number of benzene rings is 2. The third-order valence-electron chi connectivity index (χ3n) is 7.27. The van der Waals surface area contributed by atoms with Crippen LogP contribution in [-0.2, 0) is 10.0 Å². The van der Waals surface area contributed by atoms with Gasteiger partial charge in [-0.1, -0.05) is 24.2 Å². The van der Waals surface area contributed by atoms with Crippen molar-refractivity contribution in [1.82, 2.24) is 9.46 Å². The molecular formula is C27H24FN3O6S. The Kier molecular flexibility index (Phi) is 5.73. The number of aryl methyl sites for hydroxylation is 1. The highest BCUT2D eigenvalue weighted by Gasteiger charge is 2.45. The van der Waals surface area contributed by atoms with Crippen LogP contribution in [0.5, 0.6) is 0 Å². The molecule has 1 fully saturated rings. The molecule has 2 aromatic carbocycles. The Morgan fingerprint density at radius 3 is 2.39 bits per heavy atom. The molecule has 2 aliphatic heterocycles. The number of piperidine rings is 1. The fourth-order valence-corrected chi connectivity index (χ4v) is 6.63. The third kappa shape index (κ3) is 3.84. The highest BCUT2D eigenvalue weighted by molar-refractivity contribution is 7.89. The van der Waals surface area contributed by atoms with Gasteiger partial charge >= 0.3 is 0 Å². The first-order chi connectivity index (χ1) is 18.1. The van der Waals surface area contributed by atoms with Gasteiger partial charge in [0.25, 0.3) is 5.91 Å². The lowest BCUT2D eigenvalue weighted by molar-refractivity contribution is 0.0969. The van der Waals surface area contributed by atoms with Crippen molar-refractivity contribution in [3.63, 3.8) is 0 Å². The third-order valence-corrected chi connectivity index (χ3v) is 9.18. The first-order valence-electron chi connectivity index (χ1n) is 12.3. The van der Waals surface area contributed by atoms with Gasteiger partial charge in [-0.05, 0) is 61.6 Å². The Morgan fingerprint density at radius 2 is 1.74 bits per heavy atom. The molecule has 1 unspecified atom stereocenters. The van der Waals surface area contributed by atoms with Gasteiger partial charge in [0, 0.05) is 19.2 Å². The molecule has 2 aromatic heterocycles. The van der Waals surface area contributed by atoms with Crippen molar-refractivity contribution in [2.24, 2.45) is 5.92 Å². The van der Waals surface area contributed by atoms with E-state index >= 15 is 0 Å². The van der Waals surface area contributed by atoms with Crippen LogP contribution in [0.15, 0.2) is 67.2 Å². The van der Waals surface area contributed by atoms with E-state index in [-0.39, 0.29) is 33.0 Å². The second-order valence-corrected chi connectivity index (χ2v) is 11.8. The summed E-state index contributed by atoms with van der Waals surface area (Å²) in [6.45, 7) is 4.69. The number of aromatic nitrogens is 1. The van der Waals surface area contributed by atoms with Crippen molar-refractivity contribution in [3.8, 4) is 0 Å². The fourth-order valence-electron chi connectivity index (χ4n) is 5.16. The SMILES string of the molecule is Cc1cc(N2C(=O)c3oc4ccc(F)cc4c(=O)c3C2c2ccc(S(=O)(=O)N3CCC(C)CC3)cc2)no1. The zero-order valence-electron chi connectivity index (χ0n) is 20.7. The quantitative estimate of drug-likeness (QED) is 0.379. The largest absolute Gasteiger partial charge is 0.450 e. The van der Waals surface area contributed by atoms with E-state index in [9.17, 15) is 22.4 Å². The summed E-state index contributed by atoms with van der Waals surface area (Å²) in [5.74, 6) is -0.314. The average Bonchev–Trinajstić information content (AvgIpc) is 3.45. The van der Waals surface area contributed by atoms with Gasteiger partial charge in [0.1, 0.15) is 17.2 Å². The molecule has 38 heavy (non-hydrogen) atoms. The number of hydrogen-bond acceptors (Lipinski definition) is 7. The maximum atomic E-state index is 14.0. The van der Waals surface area contributed by atoms with E-state index in [4.69, 9.17) is 8.94 Å². The minimum absolute atomic E-state index is 0.00161. The van der Waals surface area contributed by atoms with Gasteiger partial charge in [-0.2, -0.15) is 4.31 Å². The summed E-state index contributed by atoms with van der Waals surface area (Å²) in [6, 6.07) is 10.2. The first kappa shape index (κ1) is 24.5. The van der Waals surface area contributed by atoms with Gasteiger partial charge in [-0.15, -0.1) is 0 Å². The van der Waals surface area contributed by atoms with Gasteiger partial charge < -0.3 is 8.94 Å². The Morgan fingerprint density at radius 1 is 1.03 bits per heavy atom. The van der Waals surface area contributed by atoms with Crippen LogP contribution >= 0.6 is 0 Å². The molecule has 4 heterocycles. The van der Waals surface area contributed by atoms with Crippen molar-refractivity contribution in [2.45, 2.75) is 37.6 Å². The summed E-state index contributed by atoms with van der Waals surface area (Å²) in [6.07, 6.45) is 1.60. The Hall–Kier alpha value is -3.83. The average molecular weight is 538 g/mol. The van der Waals surface area contributed by atoms with E-state index in [0.717, 1.165) is 25.0 Å². The molecule has 1 saturated heterocycles. The fraction of sp³-hybridized carbons (Fsp3) is 0.296. The van der Waals surface area contributed by atoms with Crippen molar-refractivity contribution in [2.75, 3.05) is 18.0 Å². The molecule has 2 aliphatic rings. The standard InChI is InChI=1S/C27H24FN3O6S/c1-15-9-11-30(12-10-15)38(34,35)19-6-3-17(4-7-19)24-23-25(32)20-14-18(28)5-8-21(20)36-26(23)27(33)31(24)22-13-16(2)37-29-22/h3-8,13-15,24H,9-12H2,1-2H3. The molecule has 4 aromatic rings. The smallest absolute Gasteiger partial charge is 0.296 e. The predicted molar refractivity (Wildman–Crippen MR) is 136 cm³/mol. The normalized spacial score (nSPS) is 18.9. The van der Waals surface area contributed by atoms with Crippen molar-refractivity contribution in [3.05, 3.63) is 87.2 Å². The van der Waals surface area contributed by atoms with Gasteiger partial charge in [-0.25, -0.2) is 12.8 Å². The highest BCUT2D eigenvalue weighted by Crippen LogP contribution is 2.41. The summed E-state index contributed by atoms with van der Waals surface area (Å²) >= 11 is 0. The zero-order chi connectivity index (χ0) is 26.8. The molecule has 0 bridgehead atoms. The Bertz CT molecular complexity index is 1740. The molecule has 11 heteroatoms. The summed E-state index contributed by atoms with van der Waals surface area (Å²) < 4.78 is 52.9. The van der Waals surface area contributed by atoms with Gasteiger partial charge in [0.15, 0.2) is 11.2 Å². The number of fused-ring (bicyclic) bond motifs is 2. The van der Waals surface area contributed by atoms with E-state index < -0.39 is 33.2 Å². The van der Waals surface area contributed by atoms with Gasteiger partial charge in [0.05, 0.1) is 21.9 Å². The number of sulfonamides is 1.